The molecule has 0 aliphatic carbocycles. The molecule has 0 fully saturated rings. The summed E-state index contributed by atoms with van der Waals surface area (Å²) >= 11 is 5.91. The van der Waals surface area contributed by atoms with Crippen LogP contribution < -0.4 is 4.31 Å². The van der Waals surface area contributed by atoms with Crippen molar-refractivity contribution in [3.8, 4) is 6.07 Å². The number of rotatable bonds is 3. The fourth-order valence-corrected chi connectivity index (χ4v) is 3.37. The van der Waals surface area contributed by atoms with Gasteiger partial charge in [-0.25, -0.2) is 8.42 Å². The summed E-state index contributed by atoms with van der Waals surface area (Å²) in [5, 5.41) is 8.96. The monoisotopic (exact) mass is 320 g/mol. The molecule has 0 aliphatic rings. The summed E-state index contributed by atoms with van der Waals surface area (Å²) in [4.78, 5) is 0.0514. The average Bonchev–Trinajstić information content (AvgIpc) is 2.46. The van der Waals surface area contributed by atoms with Gasteiger partial charge in [-0.05, 0) is 42.8 Å². The first-order chi connectivity index (χ1) is 9.86. The number of hydrogen-bond donors (Lipinski definition) is 0. The van der Waals surface area contributed by atoms with Gasteiger partial charge in [-0.1, -0.05) is 23.7 Å². The Hall–Kier alpha value is -2.03. The fourth-order valence-electron chi connectivity index (χ4n) is 1.87. The summed E-state index contributed by atoms with van der Waals surface area (Å²) in [7, 11) is -2.23. The van der Waals surface area contributed by atoms with E-state index in [0.29, 0.717) is 5.69 Å². The topological polar surface area (TPSA) is 61.2 Å². The second-order valence-corrected chi connectivity index (χ2v) is 6.94. The second kappa shape index (κ2) is 5.76. The summed E-state index contributed by atoms with van der Waals surface area (Å²) in [5.41, 5.74) is 1.77. The van der Waals surface area contributed by atoms with E-state index in [-0.39, 0.29) is 15.5 Å². The zero-order valence-electron chi connectivity index (χ0n) is 11.5. The summed E-state index contributed by atoms with van der Waals surface area (Å²) in [5.74, 6) is 0. The number of aryl methyl sites for hydroxylation is 1. The lowest BCUT2D eigenvalue weighted by Crippen LogP contribution is -2.26. The molecular weight excluding hydrogens is 308 g/mol. The molecule has 0 spiro atoms. The number of nitrogens with zero attached hydrogens (tertiary/aromatic N) is 2. The predicted molar refractivity (Wildman–Crippen MR) is 82.9 cm³/mol. The molecule has 6 heteroatoms. The smallest absolute Gasteiger partial charge is 0.264 e. The van der Waals surface area contributed by atoms with Crippen molar-refractivity contribution in [2.75, 3.05) is 11.4 Å². The quantitative estimate of drug-likeness (QED) is 0.871. The summed E-state index contributed by atoms with van der Waals surface area (Å²) in [6.45, 7) is 1.89. The van der Waals surface area contributed by atoms with Crippen LogP contribution in [0.2, 0.25) is 5.02 Å². The fraction of sp³-hybridized carbons (Fsp3) is 0.133. The molecule has 2 aromatic rings. The first-order valence-electron chi connectivity index (χ1n) is 6.11. The third-order valence-corrected chi connectivity index (χ3v) is 5.18. The van der Waals surface area contributed by atoms with Gasteiger partial charge >= 0.3 is 0 Å². The van der Waals surface area contributed by atoms with Crippen molar-refractivity contribution in [1.29, 1.82) is 5.26 Å². The number of sulfonamides is 1. The molecule has 0 unspecified atom stereocenters. The zero-order valence-corrected chi connectivity index (χ0v) is 13.1. The van der Waals surface area contributed by atoms with Crippen LogP contribution in [-0.4, -0.2) is 15.5 Å². The van der Waals surface area contributed by atoms with Crippen LogP contribution in [0.25, 0.3) is 0 Å². The number of halogens is 1. The summed E-state index contributed by atoms with van der Waals surface area (Å²) in [6.07, 6.45) is 0. The number of anilines is 1. The molecule has 0 heterocycles. The normalized spacial score (nSPS) is 11.0. The first kappa shape index (κ1) is 15.4. The van der Waals surface area contributed by atoms with Crippen LogP contribution in [-0.2, 0) is 10.0 Å². The highest BCUT2D eigenvalue weighted by molar-refractivity contribution is 7.92. The maximum atomic E-state index is 12.6. The lowest BCUT2D eigenvalue weighted by atomic mass is 10.2. The van der Waals surface area contributed by atoms with Crippen molar-refractivity contribution in [1.82, 2.24) is 0 Å². The molecule has 0 saturated carbocycles. The van der Waals surface area contributed by atoms with Gasteiger partial charge < -0.3 is 0 Å². The standard InChI is InChI=1S/C15H13ClN2O2S/c1-11-4-3-5-13(8-11)18(2)21(19,20)14-7-6-12(10-17)15(16)9-14/h3-9H,1-2H3. The van der Waals surface area contributed by atoms with Gasteiger partial charge in [-0.2, -0.15) is 5.26 Å². The Bertz CT molecular complexity index is 826. The third kappa shape index (κ3) is 3.02. The molecule has 2 rings (SSSR count). The van der Waals surface area contributed by atoms with Crippen molar-refractivity contribution in [3.63, 3.8) is 0 Å². The highest BCUT2D eigenvalue weighted by Crippen LogP contribution is 2.26. The van der Waals surface area contributed by atoms with Crippen LogP contribution >= 0.6 is 11.6 Å². The van der Waals surface area contributed by atoms with Gasteiger partial charge in [-0.15, -0.1) is 0 Å². The molecule has 108 valence electrons. The molecule has 0 atom stereocenters. The maximum Gasteiger partial charge on any atom is 0.264 e. The molecule has 0 aliphatic heterocycles. The minimum atomic E-state index is -3.72. The predicted octanol–water partition coefficient (Wildman–Crippen LogP) is 3.35. The van der Waals surface area contributed by atoms with Gasteiger partial charge in [0.1, 0.15) is 6.07 Å². The molecule has 0 aromatic heterocycles. The molecule has 0 bridgehead atoms. The van der Waals surface area contributed by atoms with E-state index in [9.17, 15) is 8.42 Å². The Morgan fingerprint density at radius 2 is 1.90 bits per heavy atom. The van der Waals surface area contributed by atoms with E-state index in [4.69, 9.17) is 16.9 Å². The van der Waals surface area contributed by atoms with Gasteiger partial charge in [0.05, 0.1) is 21.2 Å². The molecule has 0 N–H and O–H groups in total. The lowest BCUT2D eigenvalue weighted by Gasteiger charge is -2.20. The van der Waals surface area contributed by atoms with Crippen LogP contribution in [0.1, 0.15) is 11.1 Å². The van der Waals surface area contributed by atoms with Crippen molar-refractivity contribution < 1.29 is 8.42 Å². The Labute approximate surface area is 129 Å². The Morgan fingerprint density at radius 3 is 2.48 bits per heavy atom. The van der Waals surface area contributed by atoms with E-state index in [1.807, 2.05) is 19.1 Å². The maximum absolute atomic E-state index is 12.6. The molecule has 0 amide bonds. The Kier molecular flexibility index (Phi) is 4.21. The van der Waals surface area contributed by atoms with E-state index >= 15 is 0 Å². The molecule has 4 nitrogen and oxygen atoms in total. The highest BCUT2D eigenvalue weighted by atomic mass is 35.5. The molecule has 0 saturated heterocycles. The van der Waals surface area contributed by atoms with Crippen LogP contribution in [0, 0.1) is 18.3 Å². The van der Waals surface area contributed by atoms with E-state index in [1.54, 1.807) is 18.2 Å². The van der Waals surface area contributed by atoms with Crippen LogP contribution in [0.3, 0.4) is 0 Å². The Balaban J connectivity index is 2.47. The Morgan fingerprint density at radius 1 is 1.19 bits per heavy atom. The SMILES string of the molecule is Cc1cccc(N(C)S(=O)(=O)c2ccc(C#N)c(Cl)c2)c1. The summed E-state index contributed by atoms with van der Waals surface area (Å²) in [6, 6.07) is 13.2. The van der Waals surface area contributed by atoms with Crippen molar-refractivity contribution in [2.24, 2.45) is 0 Å². The highest BCUT2D eigenvalue weighted by Gasteiger charge is 2.22. The largest absolute Gasteiger partial charge is 0.269 e. The second-order valence-electron chi connectivity index (χ2n) is 4.56. The third-order valence-electron chi connectivity index (χ3n) is 3.08. The van der Waals surface area contributed by atoms with Gasteiger partial charge in [-0.3, -0.25) is 4.31 Å². The lowest BCUT2D eigenvalue weighted by molar-refractivity contribution is 0.594. The number of nitriles is 1. The minimum absolute atomic E-state index is 0.0514. The number of benzene rings is 2. The molecular formula is C15H13ClN2O2S. The molecule has 21 heavy (non-hydrogen) atoms. The van der Waals surface area contributed by atoms with Gasteiger partial charge in [0.2, 0.25) is 0 Å². The molecule has 2 aromatic carbocycles. The first-order valence-corrected chi connectivity index (χ1v) is 7.93. The van der Waals surface area contributed by atoms with Crippen LogP contribution in [0.4, 0.5) is 5.69 Å². The number of hydrogen-bond acceptors (Lipinski definition) is 3. The van der Waals surface area contributed by atoms with Gasteiger partial charge in [0.15, 0.2) is 0 Å². The van der Waals surface area contributed by atoms with E-state index in [2.05, 4.69) is 0 Å². The van der Waals surface area contributed by atoms with E-state index in [0.717, 1.165) is 5.56 Å². The minimum Gasteiger partial charge on any atom is -0.269 e. The van der Waals surface area contributed by atoms with Crippen LogP contribution in [0.5, 0.6) is 0 Å². The van der Waals surface area contributed by atoms with Crippen molar-refractivity contribution >= 4 is 27.3 Å². The van der Waals surface area contributed by atoms with E-state index < -0.39 is 10.0 Å². The van der Waals surface area contributed by atoms with Gasteiger partial charge in [0, 0.05) is 7.05 Å². The van der Waals surface area contributed by atoms with Crippen molar-refractivity contribution in [3.05, 3.63) is 58.6 Å². The van der Waals surface area contributed by atoms with Gasteiger partial charge in [0.25, 0.3) is 10.0 Å². The molecule has 0 radical (unpaired) electrons. The van der Waals surface area contributed by atoms with Crippen LogP contribution in [0.15, 0.2) is 47.4 Å². The average molecular weight is 321 g/mol. The summed E-state index contributed by atoms with van der Waals surface area (Å²) < 4.78 is 26.4. The zero-order chi connectivity index (χ0) is 15.6. The van der Waals surface area contributed by atoms with E-state index in [1.165, 1.54) is 29.6 Å². The van der Waals surface area contributed by atoms with Crippen molar-refractivity contribution in [2.45, 2.75) is 11.8 Å².